The highest BCUT2D eigenvalue weighted by Gasteiger charge is 2.35. The Kier molecular flexibility index (Phi) is 4.52. The number of hydrogen-bond donors (Lipinski definition) is 2. The Bertz CT molecular complexity index is 492. The predicted molar refractivity (Wildman–Crippen MR) is 73.9 cm³/mol. The Hall–Kier alpha value is -1.61. The van der Waals surface area contributed by atoms with Crippen LogP contribution in [0.25, 0.3) is 0 Å². The summed E-state index contributed by atoms with van der Waals surface area (Å²) in [5, 5.41) is 2.92. The van der Waals surface area contributed by atoms with E-state index in [2.05, 4.69) is 25.1 Å². The topological polar surface area (TPSA) is 70.3 Å². The molecule has 0 radical (unpaired) electrons. The van der Waals surface area contributed by atoms with Crippen LogP contribution in [-0.4, -0.2) is 66.1 Å². The second kappa shape index (κ2) is 6.02. The summed E-state index contributed by atoms with van der Waals surface area (Å²) >= 11 is 0. The van der Waals surface area contributed by atoms with E-state index in [4.69, 9.17) is 5.73 Å². The lowest BCUT2D eigenvalue weighted by Crippen LogP contribution is -2.52. The van der Waals surface area contributed by atoms with E-state index in [-0.39, 0.29) is 17.7 Å². The first-order valence-corrected chi connectivity index (χ1v) is 6.60. The molecule has 0 amide bonds. The molecule has 0 saturated carbocycles. The molecular formula is C12H19F3N6. The van der Waals surface area contributed by atoms with Crippen LogP contribution in [0.1, 0.15) is 5.82 Å². The Labute approximate surface area is 121 Å². The molecule has 1 aromatic heterocycles. The second-order valence-electron chi connectivity index (χ2n) is 5.28. The highest BCUT2D eigenvalue weighted by molar-refractivity contribution is 5.45. The van der Waals surface area contributed by atoms with E-state index in [1.54, 1.807) is 0 Å². The third-order valence-electron chi connectivity index (χ3n) is 3.50. The SMILES string of the molecule is CN1CCN(C)C(CNc2cc(N)nc(C(F)(F)F)n2)C1. The van der Waals surface area contributed by atoms with Crippen molar-refractivity contribution in [2.75, 3.05) is 51.3 Å². The van der Waals surface area contributed by atoms with Crippen molar-refractivity contribution in [1.82, 2.24) is 19.8 Å². The van der Waals surface area contributed by atoms with Crippen molar-refractivity contribution in [2.45, 2.75) is 12.2 Å². The fourth-order valence-electron chi connectivity index (χ4n) is 2.23. The molecule has 1 aliphatic rings. The quantitative estimate of drug-likeness (QED) is 0.858. The van der Waals surface area contributed by atoms with Crippen molar-refractivity contribution in [3.63, 3.8) is 0 Å². The lowest BCUT2D eigenvalue weighted by atomic mass is 10.2. The molecule has 0 bridgehead atoms. The van der Waals surface area contributed by atoms with Gasteiger partial charge in [0.1, 0.15) is 11.6 Å². The van der Waals surface area contributed by atoms with E-state index in [9.17, 15) is 13.2 Å². The number of halogens is 3. The zero-order valence-corrected chi connectivity index (χ0v) is 12.0. The van der Waals surface area contributed by atoms with Crippen LogP contribution in [0.5, 0.6) is 0 Å². The first-order valence-electron chi connectivity index (χ1n) is 6.60. The van der Waals surface area contributed by atoms with Crippen molar-refractivity contribution < 1.29 is 13.2 Å². The minimum atomic E-state index is -4.60. The van der Waals surface area contributed by atoms with E-state index < -0.39 is 12.0 Å². The molecule has 1 saturated heterocycles. The van der Waals surface area contributed by atoms with Crippen LogP contribution in [0.15, 0.2) is 6.07 Å². The predicted octanol–water partition coefficient (Wildman–Crippen LogP) is 0.735. The van der Waals surface area contributed by atoms with Gasteiger partial charge in [-0.05, 0) is 14.1 Å². The molecule has 1 unspecified atom stereocenters. The average molecular weight is 304 g/mol. The van der Waals surface area contributed by atoms with E-state index in [0.717, 1.165) is 19.6 Å². The molecule has 1 fully saturated rings. The zero-order valence-electron chi connectivity index (χ0n) is 12.0. The molecule has 0 aromatic carbocycles. The van der Waals surface area contributed by atoms with Gasteiger partial charge < -0.3 is 16.0 Å². The van der Waals surface area contributed by atoms with Crippen molar-refractivity contribution in [3.8, 4) is 0 Å². The minimum Gasteiger partial charge on any atom is -0.384 e. The first kappa shape index (κ1) is 15.8. The molecule has 2 rings (SSSR count). The van der Waals surface area contributed by atoms with E-state index in [1.807, 2.05) is 14.1 Å². The highest BCUT2D eigenvalue weighted by atomic mass is 19.4. The number of nitrogens with zero attached hydrogens (tertiary/aromatic N) is 4. The van der Waals surface area contributed by atoms with Crippen LogP contribution < -0.4 is 11.1 Å². The zero-order chi connectivity index (χ0) is 15.6. The number of rotatable bonds is 3. The van der Waals surface area contributed by atoms with Crippen molar-refractivity contribution in [2.24, 2.45) is 0 Å². The number of likely N-dealkylation sites (N-methyl/N-ethyl adjacent to an activating group) is 2. The van der Waals surface area contributed by atoms with Gasteiger partial charge in [0.2, 0.25) is 5.82 Å². The normalized spacial score (nSPS) is 21.5. The molecule has 6 nitrogen and oxygen atoms in total. The van der Waals surface area contributed by atoms with E-state index in [1.165, 1.54) is 6.07 Å². The number of hydrogen-bond acceptors (Lipinski definition) is 6. The van der Waals surface area contributed by atoms with Gasteiger partial charge in [-0.25, -0.2) is 9.97 Å². The summed E-state index contributed by atoms with van der Waals surface area (Å²) in [6.45, 7) is 3.24. The van der Waals surface area contributed by atoms with Crippen LogP contribution in [0.2, 0.25) is 0 Å². The molecule has 0 aliphatic carbocycles. The van der Waals surface area contributed by atoms with Gasteiger partial charge in [-0.3, -0.25) is 4.90 Å². The summed E-state index contributed by atoms with van der Waals surface area (Å²) in [5.74, 6) is -1.33. The molecule has 9 heteroatoms. The summed E-state index contributed by atoms with van der Waals surface area (Å²) in [6.07, 6.45) is -4.60. The molecular weight excluding hydrogens is 285 g/mol. The van der Waals surface area contributed by atoms with Crippen LogP contribution in [0.3, 0.4) is 0 Å². The average Bonchev–Trinajstić information content (AvgIpc) is 2.38. The van der Waals surface area contributed by atoms with Crippen LogP contribution in [-0.2, 0) is 6.18 Å². The molecule has 1 aromatic rings. The molecule has 0 spiro atoms. The van der Waals surface area contributed by atoms with Gasteiger partial charge in [0.25, 0.3) is 0 Å². The van der Waals surface area contributed by atoms with Crippen LogP contribution >= 0.6 is 0 Å². The van der Waals surface area contributed by atoms with E-state index >= 15 is 0 Å². The summed E-state index contributed by atoms with van der Waals surface area (Å²) < 4.78 is 37.9. The highest BCUT2D eigenvalue weighted by Crippen LogP contribution is 2.27. The maximum atomic E-state index is 12.6. The summed E-state index contributed by atoms with van der Waals surface area (Å²) in [7, 11) is 4.01. The maximum absolute atomic E-state index is 12.6. The Morgan fingerprint density at radius 1 is 1.33 bits per heavy atom. The Morgan fingerprint density at radius 2 is 2.05 bits per heavy atom. The Balaban J connectivity index is 2.04. The molecule has 1 atom stereocenters. The summed E-state index contributed by atoms with van der Waals surface area (Å²) in [6, 6.07) is 1.51. The number of alkyl halides is 3. The molecule has 1 aliphatic heterocycles. The van der Waals surface area contributed by atoms with Gasteiger partial charge in [-0.2, -0.15) is 13.2 Å². The maximum Gasteiger partial charge on any atom is 0.451 e. The number of nitrogens with one attached hydrogen (secondary N) is 1. The molecule has 2 heterocycles. The molecule has 3 N–H and O–H groups in total. The van der Waals surface area contributed by atoms with Crippen LogP contribution in [0, 0.1) is 0 Å². The summed E-state index contributed by atoms with van der Waals surface area (Å²) in [4.78, 5) is 11.0. The van der Waals surface area contributed by atoms with Gasteiger partial charge >= 0.3 is 6.18 Å². The molecule has 21 heavy (non-hydrogen) atoms. The fraction of sp³-hybridized carbons (Fsp3) is 0.667. The lowest BCUT2D eigenvalue weighted by Gasteiger charge is -2.37. The van der Waals surface area contributed by atoms with Gasteiger partial charge in [-0.1, -0.05) is 0 Å². The van der Waals surface area contributed by atoms with Gasteiger partial charge in [0.15, 0.2) is 0 Å². The monoisotopic (exact) mass is 304 g/mol. The van der Waals surface area contributed by atoms with Crippen molar-refractivity contribution in [3.05, 3.63) is 11.9 Å². The van der Waals surface area contributed by atoms with Gasteiger partial charge in [0.05, 0.1) is 0 Å². The van der Waals surface area contributed by atoms with Crippen LogP contribution in [0.4, 0.5) is 24.8 Å². The van der Waals surface area contributed by atoms with Crippen molar-refractivity contribution >= 4 is 11.6 Å². The first-order chi connectivity index (χ1) is 9.75. The Morgan fingerprint density at radius 3 is 2.71 bits per heavy atom. The lowest BCUT2D eigenvalue weighted by molar-refractivity contribution is -0.144. The van der Waals surface area contributed by atoms with E-state index in [0.29, 0.717) is 6.54 Å². The number of piperazine rings is 1. The third kappa shape index (κ3) is 4.18. The smallest absolute Gasteiger partial charge is 0.384 e. The fourth-order valence-corrected chi connectivity index (χ4v) is 2.23. The van der Waals surface area contributed by atoms with Gasteiger partial charge in [0, 0.05) is 38.3 Å². The standard InChI is InChI=1S/C12H19F3N6/c1-20-3-4-21(2)8(7-20)6-17-10-5-9(16)18-11(19-10)12(13,14)15/h5,8H,3-4,6-7H2,1-2H3,(H3,16,17,18,19). The number of nitrogen functional groups attached to an aromatic ring is 1. The summed E-state index contributed by atoms with van der Waals surface area (Å²) in [5.41, 5.74) is 5.40. The van der Waals surface area contributed by atoms with Gasteiger partial charge in [-0.15, -0.1) is 0 Å². The second-order valence-corrected chi connectivity index (χ2v) is 5.28. The minimum absolute atomic E-state index is 0.0939. The van der Waals surface area contributed by atoms with Crippen molar-refractivity contribution in [1.29, 1.82) is 0 Å². The third-order valence-corrected chi connectivity index (χ3v) is 3.50. The number of anilines is 2. The number of aromatic nitrogens is 2. The largest absolute Gasteiger partial charge is 0.451 e. The number of nitrogens with two attached hydrogens (primary N) is 1. The molecule has 118 valence electrons.